The van der Waals surface area contributed by atoms with E-state index >= 15 is 0 Å². The molecule has 2 aromatic carbocycles. The molecule has 4 nitrogen and oxygen atoms in total. The average molecular weight is 342 g/mol. The Hall–Kier alpha value is -2.60. The predicted molar refractivity (Wildman–Crippen MR) is 92.3 cm³/mol. The van der Waals surface area contributed by atoms with Gasteiger partial charge in [0.05, 0.1) is 12.8 Å². The van der Waals surface area contributed by atoms with Crippen molar-refractivity contribution in [2.75, 3.05) is 7.11 Å². The van der Waals surface area contributed by atoms with Crippen LogP contribution >= 0.6 is 11.8 Å². The summed E-state index contributed by atoms with van der Waals surface area (Å²) in [5.41, 5.74) is 0.917. The van der Waals surface area contributed by atoms with Crippen molar-refractivity contribution in [3.8, 4) is 11.4 Å². The zero-order valence-corrected chi connectivity index (χ0v) is 13.8. The predicted octanol–water partition coefficient (Wildman–Crippen LogP) is 3.67. The summed E-state index contributed by atoms with van der Waals surface area (Å²) in [7, 11) is 1.55. The molecule has 24 heavy (non-hydrogen) atoms. The minimum absolute atomic E-state index is 0.261. The highest BCUT2D eigenvalue weighted by Crippen LogP contribution is 2.23. The first-order valence-corrected chi connectivity index (χ1v) is 8.26. The van der Waals surface area contributed by atoms with E-state index in [0.717, 1.165) is 0 Å². The molecule has 3 aromatic rings. The minimum atomic E-state index is -0.286. The first-order valence-electron chi connectivity index (χ1n) is 7.28. The maximum Gasteiger partial charge on any atom is 0.287 e. The highest BCUT2D eigenvalue weighted by Gasteiger charge is 2.11. The van der Waals surface area contributed by atoms with Crippen LogP contribution in [0.2, 0.25) is 0 Å². The van der Waals surface area contributed by atoms with E-state index in [4.69, 9.17) is 4.74 Å². The van der Waals surface area contributed by atoms with Crippen LogP contribution < -0.4 is 10.3 Å². The number of benzene rings is 2. The second-order valence-corrected chi connectivity index (χ2v) is 5.92. The van der Waals surface area contributed by atoms with Crippen LogP contribution in [-0.2, 0) is 5.75 Å². The second kappa shape index (κ2) is 7.31. The number of hydrogen-bond donors (Lipinski definition) is 0. The van der Waals surface area contributed by atoms with Gasteiger partial charge in [-0.3, -0.25) is 9.36 Å². The molecule has 1 heterocycles. The lowest BCUT2D eigenvalue weighted by Gasteiger charge is -2.11. The zero-order chi connectivity index (χ0) is 16.9. The Labute approximate surface area is 142 Å². The molecule has 0 fully saturated rings. The van der Waals surface area contributed by atoms with E-state index in [-0.39, 0.29) is 11.4 Å². The summed E-state index contributed by atoms with van der Waals surface area (Å²) in [6.45, 7) is 0. The smallest absolute Gasteiger partial charge is 0.287 e. The Morgan fingerprint density at radius 1 is 1.17 bits per heavy atom. The number of para-hydroxylation sites is 2. The Bertz CT molecular complexity index is 911. The molecule has 0 N–H and O–H groups in total. The van der Waals surface area contributed by atoms with Gasteiger partial charge >= 0.3 is 0 Å². The summed E-state index contributed by atoms with van der Waals surface area (Å²) in [6.07, 6.45) is 3.14. The molecule has 0 bridgehead atoms. The van der Waals surface area contributed by atoms with Crippen molar-refractivity contribution in [3.05, 3.63) is 82.7 Å². The van der Waals surface area contributed by atoms with Gasteiger partial charge in [-0.05, 0) is 23.8 Å². The molecule has 0 atom stereocenters. The van der Waals surface area contributed by atoms with E-state index in [9.17, 15) is 9.18 Å². The van der Waals surface area contributed by atoms with Gasteiger partial charge in [0, 0.05) is 18.1 Å². The van der Waals surface area contributed by atoms with Crippen LogP contribution in [0.4, 0.5) is 4.39 Å². The molecule has 0 radical (unpaired) electrons. The van der Waals surface area contributed by atoms with E-state index < -0.39 is 0 Å². The van der Waals surface area contributed by atoms with Gasteiger partial charge in [0.1, 0.15) is 11.6 Å². The number of nitrogens with zero attached hydrogens (tertiary/aromatic N) is 2. The van der Waals surface area contributed by atoms with Gasteiger partial charge in [-0.2, -0.15) is 0 Å². The van der Waals surface area contributed by atoms with Crippen LogP contribution in [0, 0.1) is 5.82 Å². The van der Waals surface area contributed by atoms with Crippen molar-refractivity contribution in [3.63, 3.8) is 0 Å². The molecule has 1 aromatic heterocycles. The molecule has 0 unspecified atom stereocenters. The Balaban J connectivity index is 1.92. The highest BCUT2D eigenvalue weighted by atomic mass is 32.2. The SMILES string of the molecule is COc1ccccc1-n1ccnc(SCc2ccccc2F)c1=O. The molecule has 6 heteroatoms. The van der Waals surface area contributed by atoms with Crippen LogP contribution in [0.15, 0.2) is 70.7 Å². The molecule has 3 rings (SSSR count). The zero-order valence-electron chi connectivity index (χ0n) is 13.0. The van der Waals surface area contributed by atoms with Crippen LogP contribution in [0.1, 0.15) is 5.56 Å². The fourth-order valence-corrected chi connectivity index (χ4v) is 3.16. The van der Waals surface area contributed by atoms with Gasteiger partial charge < -0.3 is 4.74 Å². The molecule has 0 aliphatic carbocycles. The Kier molecular flexibility index (Phi) is 4.96. The second-order valence-electron chi connectivity index (χ2n) is 4.96. The molecule has 0 amide bonds. The summed E-state index contributed by atoms with van der Waals surface area (Å²) in [4.78, 5) is 16.8. The molecule has 0 aliphatic heterocycles. The normalized spacial score (nSPS) is 10.6. The monoisotopic (exact) mass is 342 g/mol. The Morgan fingerprint density at radius 2 is 1.92 bits per heavy atom. The summed E-state index contributed by atoms with van der Waals surface area (Å²) in [5, 5.41) is 0.312. The number of methoxy groups -OCH3 is 1. The third kappa shape index (κ3) is 3.33. The molecular weight excluding hydrogens is 327 g/mol. The van der Waals surface area contributed by atoms with E-state index in [1.165, 1.54) is 22.4 Å². The summed E-state index contributed by atoms with van der Waals surface area (Å²) in [5.74, 6) is 0.645. The third-order valence-corrected chi connectivity index (χ3v) is 4.49. The van der Waals surface area contributed by atoms with Gasteiger partial charge in [-0.1, -0.05) is 42.1 Å². The fourth-order valence-electron chi connectivity index (χ4n) is 2.27. The molecule has 0 aliphatic rings. The van der Waals surface area contributed by atoms with Gasteiger partial charge in [-0.25, -0.2) is 9.37 Å². The molecule has 0 saturated heterocycles. The fraction of sp³-hybridized carbons (Fsp3) is 0.111. The van der Waals surface area contributed by atoms with Crippen molar-refractivity contribution in [2.45, 2.75) is 10.8 Å². The summed E-state index contributed by atoms with van der Waals surface area (Å²) in [6, 6.07) is 13.8. The number of hydrogen-bond acceptors (Lipinski definition) is 4. The van der Waals surface area contributed by atoms with Gasteiger partial charge in [-0.15, -0.1) is 0 Å². The lowest BCUT2D eigenvalue weighted by molar-refractivity contribution is 0.412. The number of rotatable bonds is 5. The topological polar surface area (TPSA) is 44.1 Å². The van der Waals surface area contributed by atoms with E-state index in [1.54, 1.807) is 49.8 Å². The van der Waals surface area contributed by atoms with Gasteiger partial charge in [0.2, 0.25) is 0 Å². The van der Waals surface area contributed by atoms with Crippen molar-refractivity contribution in [2.24, 2.45) is 0 Å². The van der Waals surface area contributed by atoms with Crippen molar-refractivity contribution in [1.29, 1.82) is 0 Å². The minimum Gasteiger partial charge on any atom is -0.495 e. The van der Waals surface area contributed by atoms with E-state index in [0.29, 0.717) is 27.8 Å². The first kappa shape index (κ1) is 16.3. The van der Waals surface area contributed by atoms with Crippen LogP contribution in [0.25, 0.3) is 5.69 Å². The van der Waals surface area contributed by atoms with Crippen molar-refractivity contribution < 1.29 is 9.13 Å². The van der Waals surface area contributed by atoms with Crippen LogP contribution in [0.3, 0.4) is 0 Å². The number of ether oxygens (including phenoxy) is 1. The Morgan fingerprint density at radius 3 is 2.71 bits per heavy atom. The standard InChI is InChI=1S/C18H15FN2O2S/c1-23-16-9-5-4-8-15(16)21-11-10-20-17(18(21)22)24-12-13-6-2-3-7-14(13)19/h2-11H,12H2,1H3. The molecule has 0 saturated carbocycles. The van der Waals surface area contributed by atoms with E-state index in [2.05, 4.69) is 4.98 Å². The summed E-state index contributed by atoms with van der Waals surface area (Å²) >= 11 is 1.21. The summed E-state index contributed by atoms with van der Waals surface area (Å²) < 4.78 is 20.5. The maximum atomic E-state index is 13.7. The number of aromatic nitrogens is 2. The first-order chi connectivity index (χ1) is 11.7. The quantitative estimate of drug-likeness (QED) is 0.664. The average Bonchev–Trinajstić information content (AvgIpc) is 2.62. The molecule has 0 spiro atoms. The lowest BCUT2D eigenvalue weighted by Crippen LogP contribution is -2.21. The largest absolute Gasteiger partial charge is 0.495 e. The van der Waals surface area contributed by atoms with Gasteiger partial charge in [0.25, 0.3) is 5.56 Å². The number of halogens is 1. The number of thioether (sulfide) groups is 1. The van der Waals surface area contributed by atoms with Crippen molar-refractivity contribution in [1.82, 2.24) is 9.55 Å². The lowest BCUT2D eigenvalue weighted by atomic mass is 10.2. The van der Waals surface area contributed by atoms with E-state index in [1.807, 2.05) is 12.1 Å². The van der Waals surface area contributed by atoms with Crippen molar-refractivity contribution >= 4 is 11.8 Å². The maximum absolute atomic E-state index is 13.7. The highest BCUT2D eigenvalue weighted by molar-refractivity contribution is 7.98. The van der Waals surface area contributed by atoms with Gasteiger partial charge in [0.15, 0.2) is 5.03 Å². The third-order valence-electron chi connectivity index (χ3n) is 3.48. The molecular formula is C18H15FN2O2S. The van der Waals surface area contributed by atoms with Crippen LogP contribution in [0.5, 0.6) is 5.75 Å². The van der Waals surface area contributed by atoms with Crippen LogP contribution in [-0.4, -0.2) is 16.7 Å². The molecule has 122 valence electrons.